The predicted octanol–water partition coefficient (Wildman–Crippen LogP) is 5.15. The molecule has 2 N–H and O–H groups in total. The highest BCUT2D eigenvalue weighted by molar-refractivity contribution is 9.10. The Morgan fingerprint density at radius 1 is 1.33 bits per heavy atom. The quantitative estimate of drug-likeness (QED) is 0.281. The fraction of sp³-hybridized carbons (Fsp3) is 0.125. The summed E-state index contributed by atoms with van der Waals surface area (Å²) < 4.78 is 8.31. The van der Waals surface area contributed by atoms with Gasteiger partial charge in [-0.25, -0.2) is 4.68 Å². The van der Waals surface area contributed by atoms with Gasteiger partial charge in [0.15, 0.2) is 6.61 Å². The second-order valence-corrected chi connectivity index (χ2v) is 9.47. The minimum absolute atomic E-state index is 0.0275. The Balaban J connectivity index is 1.60. The first-order valence-electron chi connectivity index (χ1n) is 10.2. The molecule has 0 saturated carbocycles. The Morgan fingerprint density at radius 3 is 3.06 bits per heavy atom. The van der Waals surface area contributed by atoms with Gasteiger partial charge in [0, 0.05) is 38.1 Å². The predicted molar refractivity (Wildman–Crippen MR) is 136 cm³/mol. The molecule has 4 aromatic rings. The van der Waals surface area contributed by atoms with Crippen molar-refractivity contribution in [3.8, 4) is 17.0 Å². The number of ether oxygens (including phenoxy) is 1. The lowest BCUT2D eigenvalue weighted by Crippen LogP contribution is -2.25. The number of thiazole rings is 1. The zero-order valence-corrected chi connectivity index (χ0v) is 20.2. The Kier molecular flexibility index (Phi) is 5.74. The van der Waals surface area contributed by atoms with Gasteiger partial charge in [0.25, 0.3) is 5.91 Å². The van der Waals surface area contributed by atoms with Crippen LogP contribution in [-0.4, -0.2) is 34.9 Å². The molecule has 1 aliphatic heterocycles. The lowest BCUT2D eigenvalue weighted by atomic mass is 10.1. The standard InChI is InChI=1S/C24H20BrN5O2S/c1-14(2)9-27-24-30(28-11-16-10-26-19-5-4-17(25)8-18(16)19)21(13-33-24)15-3-6-22-20(7-15)29-23(31)12-32-22/h3-8,10-11,13,26H,1,9,12H2,2H3,(H,29,31). The summed E-state index contributed by atoms with van der Waals surface area (Å²) in [6.45, 7) is 6.44. The van der Waals surface area contributed by atoms with E-state index in [9.17, 15) is 4.79 Å². The van der Waals surface area contributed by atoms with E-state index in [0.29, 0.717) is 18.0 Å². The summed E-state index contributed by atoms with van der Waals surface area (Å²) in [5, 5.41) is 10.7. The van der Waals surface area contributed by atoms with Gasteiger partial charge in [0.1, 0.15) is 5.75 Å². The van der Waals surface area contributed by atoms with Crippen molar-refractivity contribution in [3.05, 3.63) is 75.0 Å². The molecular formula is C24H20BrN5O2S. The summed E-state index contributed by atoms with van der Waals surface area (Å²) >= 11 is 5.04. The van der Waals surface area contributed by atoms with Gasteiger partial charge < -0.3 is 15.0 Å². The van der Waals surface area contributed by atoms with E-state index in [1.54, 1.807) is 0 Å². The second kappa shape index (κ2) is 8.84. The number of fused-ring (bicyclic) bond motifs is 2. The maximum atomic E-state index is 11.8. The van der Waals surface area contributed by atoms with Crippen molar-refractivity contribution >= 4 is 56.0 Å². The molecule has 5 rings (SSSR count). The van der Waals surface area contributed by atoms with Crippen LogP contribution in [0.4, 0.5) is 5.69 Å². The fourth-order valence-corrected chi connectivity index (χ4v) is 4.70. The van der Waals surface area contributed by atoms with Crippen LogP contribution in [0.1, 0.15) is 12.5 Å². The third-order valence-electron chi connectivity index (χ3n) is 5.07. The fourth-order valence-electron chi connectivity index (χ4n) is 3.50. The van der Waals surface area contributed by atoms with Crippen molar-refractivity contribution in [2.24, 2.45) is 10.1 Å². The number of carbonyl (C=O) groups excluding carboxylic acids is 1. The van der Waals surface area contributed by atoms with E-state index < -0.39 is 0 Å². The number of halogens is 1. The average Bonchev–Trinajstić information content (AvgIpc) is 3.39. The third-order valence-corrected chi connectivity index (χ3v) is 6.41. The number of hydrogen-bond donors (Lipinski definition) is 2. The SMILES string of the molecule is C=C(C)CN=c1scc(-c2ccc3c(c2)NC(=O)CO3)n1N=Cc1c[nH]c2ccc(Br)cc12. The van der Waals surface area contributed by atoms with Crippen LogP contribution < -0.4 is 14.9 Å². The molecule has 33 heavy (non-hydrogen) atoms. The number of nitrogens with zero attached hydrogens (tertiary/aromatic N) is 3. The highest BCUT2D eigenvalue weighted by Gasteiger charge is 2.18. The summed E-state index contributed by atoms with van der Waals surface area (Å²) in [7, 11) is 0. The number of aromatic amines is 1. The number of aromatic nitrogens is 2. The van der Waals surface area contributed by atoms with Gasteiger partial charge in [-0.15, -0.1) is 11.3 Å². The van der Waals surface area contributed by atoms with Crippen molar-refractivity contribution in [2.75, 3.05) is 18.5 Å². The zero-order chi connectivity index (χ0) is 22.9. The number of rotatable bonds is 5. The average molecular weight is 522 g/mol. The van der Waals surface area contributed by atoms with Crippen LogP contribution in [0.3, 0.4) is 0 Å². The molecule has 2 aromatic heterocycles. The highest BCUT2D eigenvalue weighted by Crippen LogP contribution is 2.33. The van der Waals surface area contributed by atoms with Gasteiger partial charge in [0.2, 0.25) is 4.80 Å². The second-order valence-electron chi connectivity index (χ2n) is 7.71. The molecule has 0 unspecified atom stereocenters. The van der Waals surface area contributed by atoms with Gasteiger partial charge >= 0.3 is 0 Å². The van der Waals surface area contributed by atoms with Crippen LogP contribution in [-0.2, 0) is 4.79 Å². The maximum Gasteiger partial charge on any atom is 0.262 e. The van der Waals surface area contributed by atoms with Crippen molar-refractivity contribution in [3.63, 3.8) is 0 Å². The largest absolute Gasteiger partial charge is 0.482 e. The Hall–Kier alpha value is -3.43. The van der Waals surface area contributed by atoms with Crippen molar-refractivity contribution in [1.82, 2.24) is 9.66 Å². The first kappa shape index (κ1) is 21.4. The molecule has 3 heterocycles. The maximum absolute atomic E-state index is 11.8. The van der Waals surface area contributed by atoms with Crippen LogP contribution in [0.25, 0.3) is 22.2 Å². The van der Waals surface area contributed by atoms with Crippen molar-refractivity contribution in [1.29, 1.82) is 0 Å². The number of benzene rings is 2. The number of anilines is 1. The van der Waals surface area contributed by atoms with Gasteiger partial charge in [-0.05, 0) is 43.3 Å². The third kappa shape index (κ3) is 4.42. The first-order chi connectivity index (χ1) is 16.0. The van der Waals surface area contributed by atoms with Gasteiger partial charge in [-0.1, -0.05) is 28.1 Å². The minimum Gasteiger partial charge on any atom is -0.482 e. The number of H-pyrrole nitrogens is 1. The molecule has 0 aliphatic carbocycles. The van der Waals surface area contributed by atoms with Crippen LogP contribution in [0.2, 0.25) is 0 Å². The van der Waals surface area contributed by atoms with Crippen LogP contribution in [0.5, 0.6) is 5.75 Å². The normalized spacial score (nSPS) is 13.9. The number of carbonyl (C=O) groups is 1. The molecule has 166 valence electrons. The van der Waals surface area contributed by atoms with E-state index in [0.717, 1.165) is 42.6 Å². The van der Waals surface area contributed by atoms with Gasteiger partial charge in [-0.3, -0.25) is 9.79 Å². The molecule has 0 radical (unpaired) electrons. The topological polar surface area (TPSA) is 83.8 Å². The minimum atomic E-state index is -0.168. The number of hydrogen-bond acceptors (Lipinski definition) is 5. The number of amides is 1. The summed E-state index contributed by atoms with van der Waals surface area (Å²) in [6.07, 6.45) is 3.76. The molecule has 1 aliphatic rings. The van der Waals surface area contributed by atoms with Gasteiger partial charge in [-0.2, -0.15) is 5.10 Å². The Bertz CT molecular complexity index is 1490. The van der Waals surface area contributed by atoms with Crippen molar-refractivity contribution < 1.29 is 9.53 Å². The molecular weight excluding hydrogens is 502 g/mol. The molecule has 0 saturated heterocycles. The summed E-state index contributed by atoms with van der Waals surface area (Å²) in [5.74, 6) is 0.485. The summed E-state index contributed by atoms with van der Waals surface area (Å²) in [4.78, 5) is 20.5. The summed E-state index contributed by atoms with van der Waals surface area (Å²) in [6, 6.07) is 11.8. The van der Waals surface area contributed by atoms with E-state index in [1.165, 1.54) is 11.3 Å². The van der Waals surface area contributed by atoms with E-state index in [1.807, 2.05) is 59.7 Å². The molecule has 0 bridgehead atoms. The molecule has 0 spiro atoms. The zero-order valence-electron chi connectivity index (χ0n) is 17.8. The van der Waals surface area contributed by atoms with E-state index in [-0.39, 0.29) is 12.5 Å². The molecule has 2 aromatic carbocycles. The van der Waals surface area contributed by atoms with Crippen molar-refractivity contribution in [2.45, 2.75) is 6.92 Å². The first-order valence-corrected chi connectivity index (χ1v) is 11.9. The smallest absolute Gasteiger partial charge is 0.262 e. The Morgan fingerprint density at radius 2 is 2.21 bits per heavy atom. The molecule has 0 atom stereocenters. The van der Waals surface area contributed by atoms with Gasteiger partial charge in [0.05, 0.1) is 24.1 Å². The lowest BCUT2D eigenvalue weighted by molar-refractivity contribution is -0.118. The highest BCUT2D eigenvalue weighted by atomic mass is 79.9. The van der Waals surface area contributed by atoms with Crippen LogP contribution in [0, 0.1) is 0 Å². The molecule has 1 amide bonds. The Labute approximate surface area is 202 Å². The van der Waals surface area contributed by atoms with E-state index >= 15 is 0 Å². The van der Waals surface area contributed by atoms with E-state index in [4.69, 9.17) is 9.84 Å². The van der Waals surface area contributed by atoms with Crippen LogP contribution in [0.15, 0.2) is 74.7 Å². The number of nitrogens with one attached hydrogen (secondary N) is 2. The van der Waals surface area contributed by atoms with E-state index in [2.05, 4.69) is 43.9 Å². The van der Waals surface area contributed by atoms with Crippen LogP contribution >= 0.6 is 27.3 Å². The molecule has 0 fully saturated rings. The monoisotopic (exact) mass is 521 g/mol. The molecule has 9 heteroatoms. The lowest BCUT2D eigenvalue weighted by Gasteiger charge is -2.18. The molecule has 7 nitrogen and oxygen atoms in total. The summed E-state index contributed by atoms with van der Waals surface area (Å²) in [5.41, 5.74) is 5.37.